The molecular formula is C15H26N4. The predicted octanol–water partition coefficient (Wildman–Crippen LogP) is 2.62. The Kier molecular flexibility index (Phi) is 5.58. The van der Waals surface area contributed by atoms with Gasteiger partial charge >= 0.3 is 0 Å². The molecule has 1 fully saturated rings. The Balaban J connectivity index is 1.70. The summed E-state index contributed by atoms with van der Waals surface area (Å²) in [5.74, 6) is 1.52. The lowest BCUT2D eigenvalue weighted by atomic mass is 10.0. The van der Waals surface area contributed by atoms with E-state index in [0.717, 1.165) is 30.9 Å². The number of nitrogens with one attached hydrogen (secondary N) is 2. The average Bonchev–Trinajstić information content (AvgIpc) is 2.41. The van der Waals surface area contributed by atoms with Crippen molar-refractivity contribution in [3.05, 3.63) is 17.8 Å². The Morgan fingerprint density at radius 3 is 2.84 bits per heavy atom. The molecule has 0 aromatic carbocycles. The standard InChI is InChI=1S/C15H26N4/c1-12(2)11-14-6-7-15(19-18-14)17-10-8-13-5-3-4-9-16-13/h6-7,12-13,16H,3-5,8-11H2,1-2H3,(H,17,19). The van der Waals surface area contributed by atoms with Crippen molar-refractivity contribution >= 4 is 5.82 Å². The largest absolute Gasteiger partial charge is 0.369 e. The predicted molar refractivity (Wildman–Crippen MR) is 79.3 cm³/mol. The van der Waals surface area contributed by atoms with Gasteiger partial charge in [-0.2, -0.15) is 5.10 Å². The van der Waals surface area contributed by atoms with Crippen LogP contribution in [0.15, 0.2) is 12.1 Å². The molecular weight excluding hydrogens is 236 g/mol. The van der Waals surface area contributed by atoms with Crippen LogP contribution in [0, 0.1) is 5.92 Å². The Morgan fingerprint density at radius 1 is 1.32 bits per heavy atom. The summed E-state index contributed by atoms with van der Waals surface area (Å²) < 4.78 is 0. The van der Waals surface area contributed by atoms with Gasteiger partial charge in [-0.3, -0.25) is 0 Å². The van der Waals surface area contributed by atoms with Crippen LogP contribution in [0.2, 0.25) is 0 Å². The molecule has 19 heavy (non-hydrogen) atoms. The monoisotopic (exact) mass is 262 g/mol. The van der Waals surface area contributed by atoms with E-state index in [0.29, 0.717) is 12.0 Å². The zero-order valence-electron chi connectivity index (χ0n) is 12.2. The van der Waals surface area contributed by atoms with E-state index >= 15 is 0 Å². The Morgan fingerprint density at radius 2 is 2.21 bits per heavy atom. The van der Waals surface area contributed by atoms with Crippen LogP contribution in [0.5, 0.6) is 0 Å². The minimum atomic E-state index is 0.630. The van der Waals surface area contributed by atoms with Crippen LogP contribution < -0.4 is 10.6 Å². The molecule has 4 heteroatoms. The summed E-state index contributed by atoms with van der Waals surface area (Å²) in [5.41, 5.74) is 1.08. The van der Waals surface area contributed by atoms with Crippen molar-refractivity contribution in [3.63, 3.8) is 0 Å². The van der Waals surface area contributed by atoms with Crippen molar-refractivity contribution in [2.75, 3.05) is 18.4 Å². The second-order valence-electron chi connectivity index (χ2n) is 5.87. The lowest BCUT2D eigenvalue weighted by Crippen LogP contribution is -2.35. The van der Waals surface area contributed by atoms with Crippen LogP contribution in [0.4, 0.5) is 5.82 Å². The van der Waals surface area contributed by atoms with Crippen molar-refractivity contribution in [1.29, 1.82) is 0 Å². The normalized spacial score (nSPS) is 19.6. The van der Waals surface area contributed by atoms with E-state index in [2.05, 4.69) is 40.7 Å². The van der Waals surface area contributed by atoms with Gasteiger partial charge in [-0.25, -0.2) is 0 Å². The third kappa shape index (κ3) is 5.15. The van der Waals surface area contributed by atoms with Crippen LogP contribution >= 0.6 is 0 Å². The SMILES string of the molecule is CC(C)Cc1ccc(NCCC2CCCCN2)nn1. The van der Waals surface area contributed by atoms with Crippen LogP contribution in [0.1, 0.15) is 45.2 Å². The lowest BCUT2D eigenvalue weighted by Gasteiger charge is -2.23. The zero-order valence-corrected chi connectivity index (χ0v) is 12.2. The second kappa shape index (κ2) is 7.43. The van der Waals surface area contributed by atoms with E-state index in [-0.39, 0.29) is 0 Å². The molecule has 0 aliphatic carbocycles. The van der Waals surface area contributed by atoms with Gasteiger partial charge in [0.25, 0.3) is 0 Å². The van der Waals surface area contributed by atoms with Gasteiger partial charge in [0.2, 0.25) is 0 Å². The van der Waals surface area contributed by atoms with E-state index in [9.17, 15) is 0 Å². The molecule has 106 valence electrons. The summed E-state index contributed by atoms with van der Waals surface area (Å²) >= 11 is 0. The van der Waals surface area contributed by atoms with Gasteiger partial charge in [0, 0.05) is 12.6 Å². The average molecular weight is 262 g/mol. The highest BCUT2D eigenvalue weighted by molar-refractivity contribution is 5.32. The van der Waals surface area contributed by atoms with Crippen molar-refractivity contribution < 1.29 is 0 Å². The molecule has 1 atom stereocenters. The second-order valence-corrected chi connectivity index (χ2v) is 5.87. The lowest BCUT2D eigenvalue weighted by molar-refractivity contribution is 0.388. The van der Waals surface area contributed by atoms with E-state index in [1.807, 2.05) is 6.07 Å². The van der Waals surface area contributed by atoms with E-state index in [1.165, 1.54) is 25.8 Å². The Hall–Kier alpha value is -1.16. The molecule has 0 saturated carbocycles. The summed E-state index contributed by atoms with van der Waals surface area (Å²) in [6, 6.07) is 4.79. The molecule has 0 spiro atoms. The molecule has 2 heterocycles. The first-order valence-electron chi connectivity index (χ1n) is 7.54. The number of hydrogen-bond acceptors (Lipinski definition) is 4. The van der Waals surface area contributed by atoms with Gasteiger partial charge in [0.05, 0.1) is 5.69 Å². The number of anilines is 1. The molecule has 0 bridgehead atoms. The summed E-state index contributed by atoms with van der Waals surface area (Å²) in [7, 11) is 0. The van der Waals surface area contributed by atoms with E-state index in [4.69, 9.17) is 0 Å². The van der Waals surface area contributed by atoms with Crippen LogP contribution in [-0.4, -0.2) is 29.3 Å². The highest BCUT2D eigenvalue weighted by atomic mass is 15.2. The molecule has 1 aromatic heterocycles. The molecule has 4 nitrogen and oxygen atoms in total. The van der Waals surface area contributed by atoms with Crippen molar-refractivity contribution in [2.24, 2.45) is 5.92 Å². The first kappa shape index (κ1) is 14.3. The molecule has 2 rings (SSSR count). The van der Waals surface area contributed by atoms with Gasteiger partial charge in [-0.15, -0.1) is 5.10 Å². The van der Waals surface area contributed by atoms with Crippen molar-refractivity contribution in [2.45, 2.75) is 52.0 Å². The van der Waals surface area contributed by atoms with E-state index < -0.39 is 0 Å². The third-order valence-electron chi connectivity index (χ3n) is 3.55. The number of rotatable bonds is 6. The fraction of sp³-hybridized carbons (Fsp3) is 0.733. The molecule has 1 unspecified atom stereocenters. The Bertz CT molecular complexity index is 355. The van der Waals surface area contributed by atoms with Gasteiger partial charge in [0.15, 0.2) is 0 Å². The van der Waals surface area contributed by atoms with Crippen LogP contribution in [0.25, 0.3) is 0 Å². The molecule has 2 N–H and O–H groups in total. The molecule has 0 radical (unpaired) electrons. The van der Waals surface area contributed by atoms with Crippen molar-refractivity contribution in [3.8, 4) is 0 Å². The highest BCUT2D eigenvalue weighted by Gasteiger charge is 2.11. The van der Waals surface area contributed by atoms with Gasteiger partial charge in [0.1, 0.15) is 5.82 Å². The Labute approximate surface area is 116 Å². The minimum absolute atomic E-state index is 0.630. The van der Waals surface area contributed by atoms with Crippen LogP contribution in [0.3, 0.4) is 0 Å². The molecule has 1 saturated heterocycles. The van der Waals surface area contributed by atoms with Crippen LogP contribution in [-0.2, 0) is 6.42 Å². The fourth-order valence-corrected chi connectivity index (χ4v) is 2.53. The number of nitrogens with zero attached hydrogens (tertiary/aromatic N) is 2. The number of hydrogen-bond donors (Lipinski definition) is 2. The highest BCUT2D eigenvalue weighted by Crippen LogP contribution is 2.11. The maximum absolute atomic E-state index is 4.26. The van der Waals surface area contributed by atoms with Gasteiger partial charge < -0.3 is 10.6 Å². The summed E-state index contributed by atoms with van der Waals surface area (Å²) in [5, 5.41) is 15.4. The maximum Gasteiger partial charge on any atom is 0.148 e. The van der Waals surface area contributed by atoms with Gasteiger partial charge in [-0.1, -0.05) is 20.3 Å². The summed E-state index contributed by atoms with van der Waals surface area (Å²) in [6.07, 6.45) is 6.16. The molecule has 1 aliphatic rings. The van der Waals surface area contributed by atoms with Gasteiger partial charge in [-0.05, 0) is 50.3 Å². The maximum atomic E-state index is 4.26. The third-order valence-corrected chi connectivity index (χ3v) is 3.55. The molecule has 1 aromatic rings. The van der Waals surface area contributed by atoms with Crippen molar-refractivity contribution in [1.82, 2.24) is 15.5 Å². The first-order chi connectivity index (χ1) is 9.24. The quantitative estimate of drug-likeness (QED) is 0.827. The molecule has 1 aliphatic heterocycles. The minimum Gasteiger partial charge on any atom is -0.369 e. The summed E-state index contributed by atoms with van der Waals surface area (Å²) in [4.78, 5) is 0. The zero-order chi connectivity index (χ0) is 13.5. The summed E-state index contributed by atoms with van der Waals surface area (Å²) in [6.45, 7) is 6.54. The number of piperidine rings is 1. The topological polar surface area (TPSA) is 49.8 Å². The molecule has 0 amide bonds. The number of aromatic nitrogens is 2. The van der Waals surface area contributed by atoms with E-state index in [1.54, 1.807) is 0 Å². The fourth-order valence-electron chi connectivity index (χ4n) is 2.53. The first-order valence-corrected chi connectivity index (χ1v) is 7.54. The smallest absolute Gasteiger partial charge is 0.148 e.